The number of hydrogen-bond acceptors (Lipinski definition) is 5. The Morgan fingerprint density at radius 3 is 2.75 bits per heavy atom. The van der Waals surface area contributed by atoms with Crippen LogP contribution in [0.2, 0.25) is 0 Å². The first kappa shape index (κ1) is 15.3. The van der Waals surface area contributed by atoms with Crippen LogP contribution in [-0.2, 0) is 0 Å². The predicted octanol–water partition coefficient (Wildman–Crippen LogP) is -0.124. The number of benzene rings is 1. The second kappa shape index (κ2) is 7.10. The third-order valence-corrected chi connectivity index (χ3v) is 3.60. The average Bonchev–Trinajstić information content (AvgIpc) is 2.87. The normalized spacial score (nSPS) is 24.2. The largest absolute Gasteiger partial charge is 0.394 e. The maximum absolute atomic E-state index is 13.0. The summed E-state index contributed by atoms with van der Waals surface area (Å²) in [7, 11) is 1.92. The van der Waals surface area contributed by atoms with E-state index in [0.717, 1.165) is 18.7 Å². The molecule has 1 aromatic rings. The average molecular weight is 283 g/mol. The highest BCUT2D eigenvalue weighted by atomic mass is 19.1. The van der Waals surface area contributed by atoms with E-state index in [4.69, 9.17) is 5.11 Å². The SMILES string of the molecule is CN(CC(O)CO)CC1CNNC1c1ccc(F)cc1. The van der Waals surface area contributed by atoms with E-state index in [0.29, 0.717) is 12.5 Å². The first-order chi connectivity index (χ1) is 9.60. The molecule has 3 unspecified atom stereocenters. The molecule has 0 amide bonds. The van der Waals surface area contributed by atoms with Gasteiger partial charge in [-0.1, -0.05) is 12.1 Å². The molecule has 0 radical (unpaired) electrons. The number of hydrogen-bond donors (Lipinski definition) is 4. The number of aliphatic hydroxyl groups is 2. The zero-order valence-corrected chi connectivity index (χ0v) is 11.6. The maximum Gasteiger partial charge on any atom is 0.123 e. The van der Waals surface area contributed by atoms with Gasteiger partial charge in [0.25, 0.3) is 0 Å². The van der Waals surface area contributed by atoms with Crippen molar-refractivity contribution >= 4 is 0 Å². The van der Waals surface area contributed by atoms with Gasteiger partial charge in [-0.2, -0.15) is 0 Å². The van der Waals surface area contributed by atoms with Crippen molar-refractivity contribution in [2.75, 3.05) is 33.3 Å². The molecule has 112 valence electrons. The number of aliphatic hydroxyl groups excluding tert-OH is 2. The Labute approximate surface area is 118 Å². The van der Waals surface area contributed by atoms with Gasteiger partial charge < -0.3 is 15.1 Å². The highest BCUT2D eigenvalue weighted by molar-refractivity contribution is 5.21. The van der Waals surface area contributed by atoms with Crippen LogP contribution in [0.25, 0.3) is 0 Å². The van der Waals surface area contributed by atoms with Gasteiger partial charge in [-0.3, -0.25) is 5.43 Å². The topological polar surface area (TPSA) is 67.8 Å². The standard InChI is InChI=1S/C14H22FN3O2/c1-18(8-13(20)9-19)7-11-6-16-17-14(11)10-2-4-12(15)5-3-10/h2-5,11,13-14,16-17,19-20H,6-9H2,1H3. The molecule has 4 N–H and O–H groups in total. The van der Waals surface area contributed by atoms with Gasteiger partial charge >= 0.3 is 0 Å². The lowest BCUT2D eigenvalue weighted by molar-refractivity contribution is 0.0623. The van der Waals surface area contributed by atoms with Crippen LogP contribution in [-0.4, -0.2) is 54.5 Å². The van der Waals surface area contributed by atoms with Crippen molar-refractivity contribution in [2.45, 2.75) is 12.1 Å². The third-order valence-electron chi connectivity index (χ3n) is 3.60. The van der Waals surface area contributed by atoms with Crippen molar-refractivity contribution in [1.82, 2.24) is 15.8 Å². The first-order valence-electron chi connectivity index (χ1n) is 6.81. The number of nitrogens with one attached hydrogen (secondary N) is 2. The van der Waals surface area contributed by atoms with Gasteiger partial charge in [0.2, 0.25) is 0 Å². The van der Waals surface area contributed by atoms with Crippen LogP contribution in [0.15, 0.2) is 24.3 Å². The van der Waals surface area contributed by atoms with Crippen molar-refractivity contribution in [3.05, 3.63) is 35.6 Å². The summed E-state index contributed by atoms with van der Waals surface area (Å²) < 4.78 is 13.0. The minimum absolute atomic E-state index is 0.115. The third kappa shape index (κ3) is 3.97. The molecule has 0 spiro atoms. The Bertz CT molecular complexity index is 415. The van der Waals surface area contributed by atoms with E-state index >= 15 is 0 Å². The monoisotopic (exact) mass is 283 g/mol. The van der Waals surface area contributed by atoms with Crippen LogP contribution in [0.4, 0.5) is 4.39 Å². The predicted molar refractivity (Wildman–Crippen MR) is 74.4 cm³/mol. The fourth-order valence-electron chi connectivity index (χ4n) is 2.62. The molecule has 1 fully saturated rings. The van der Waals surface area contributed by atoms with E-state index in [9.17, 15) is 9.50 Å². The summed E-state index contributed by atoms with van der Waals surface area (Å²) in [6.45, 7) is 1.79. The number of nitrogens with zero attached hydrogens (tertiary/aromatic N) is 1. The molecule has 20 heavy (non-hydrogen) atoms. The molecule has 1 heterocycles. The summed E-state index contributed by atoms with van der Waals surface area (Å²) in [5, 5.41) is 18.3. The van der Waals surface area contributed by atoms with Crippen LogP contribution >= 0.6 is 0 Å². The molecule has 0 saturated carbocycles. The maximum atomic E-state index is 13.0. The van der Waals surface area contributed by atoms with Crippen molar-refractivity contribution in [3.8, 4) is 0 Å². The molecule has 3 atom stereocenters. The number of hydrazine groups is 1. The Morgan fingerprint density at radius 2 is 2.10 bits per heavy atom. The highest BCUT2D eigenvalue weighted by Gasteiger charge is 2.29. The second-order valence-corrected chi connectivity index (χ2v) is 5.37. The summed E-state index contributed by atoms with van der Waals surface area (Å²) in [6.07, 6.45) is -0.716. The van der Waals surface area contributed by atoms with Crippen molar-refractivity contribution < 1.29 is 14.6 Å². The summed E-state index contributed by atoms with van der Waals surface area (Å²) in [6, 6.07) is 6.62. The molecule has 0 aliphatic carbocycles. The number of rotatable bonds is 6. The molecule has 0 bridgehead atoms. The Kier molecular flexibility index (Phi) is 5.45. The van der Waals surface area contributed by atoms with Crippen LogP contribution in [0.5, 0.6) is 0 Å². The van der Waals surface area contributed by atoms with Crippen molar-refractivity contribution in [1.29, 1.82) is 0 Å². The smallest absolute Gasteiger partial charge is 0.123 e. The van der Waals surface area contributed by atoms with E-state index in [-0.39, 0.29) is 18.5 Å². The molecule has 1 aliphatic rings. The molecule has 5 nitrogen and oxygen atoms in total. The molecule has 1 saturated heterocycles. The molecule has 2 rings (SSSR count). The van der Waals surface area contributed by atoms with E-state index in [2.05, 4.69) is 10.9 Å². The number of likely N-dealkylation sites (N-methyl/N-ethyl adjacent to an activating group) is 1. The van der Waals surface area contributed by atoms with Gasteiger partial charge in [-0.25, -0.2) is 9.82 Å². The highest BCUT2D eigenvalue weighted by Crippen LogP contribution is 2.25. The zero-order chi connectivity index (χ0) is 14.5. The first-order valence-corrected chi connectivity index (χ1v) is 6.81. The van der Waals surface area contributed by atoms with Crippen molar-refractivity contribution in [2.24, 2.45) is 5.92 Å². The van der Waals surface area contributed by atoms with Gasteiger partial charge in [0.05, 0.1) is 18.8 Å². The summed E-state index contributed by atoms with van der Waals surface area (Å²) in [5.41, 5.74) is 7.37. The molecular weight excluding hydrogens is 261 g/mol. The quantitative estimate of drug-likeness (QED) is 0.586. The van der Waals surface area contributed by atoms with Crippen LogP contribution < -0.4 is 10.9 Å². The fraction of sp³-hybridized carbons (Fsp3) is 0.571. The molecule has 1 aliphatic heterocycles. The molecule has 1 aromatic carbocycles. The minimum Gasteiger partial charge on any atom is -0.394 e. The zero-order valence-electron chi connectivity index (χ0n) is 11.6. The Morgan fingerprint density at radius 1 is 1.40 bits per heavy atom. The molecular formula is C14H22FN3O2. The summed E-state index contributed by atoms with van der Waals surface area (Å²) in [4.78, 5) is 2.00. The Balaban J connectivity index is 1.95. The van der Waals surface area contributed by atoms with Gasteiger partial charge in [0, 0.05) is 25.6 Å². The lowest BCUT2D eigenvalue weighted by Crippen LogP contribution is -2.36. The lowest BCUT2D eigenvalue weighted by atomic mass is 9.94. The van der Waals surface area contributed by atoms with Gasteiger partial charge in [-0.15, -0.1) is 0 Å². The van der Waals surface area contributed by atoms with Crippen LogP contribution in [0.1, 0.15) is 11.6 Å². The fourth-order valence-corrected chi connectivity index (χ4v) is 2.62. The van der Waals surface area contributed by atoms with Crippen molar-refractivity contribution in [3.63, 3.8) is 0 Å². The second-order valence-electron chi connectivity index (χ2n) is 5.37. The van der Waals surface area contributed by atoms with E-state index in [1.54, 1.807) is 12.1 Å². The lowest BCUT2D eigenvalue weighted by Gasteiger charge is -2.26. The molecule has 0 aromatic heterocycles. The van der Waals surface area contributed by atoms with Gasteiger partial charge in [0.1, 0.15) is 5.82 Å². The van der Waals surface area contributed by atoms with E-state index < -0.39 is 6.10 Å². The Hall–Kier alpha value is -1.05. The van der Waals surface area contributed by atoms with Gasteiger partial charge in [-0.05, 0) is 24.7 Å². The van der Waals surface area contributed by atoms with Crippen LogP contribution in [0, 0.1) is 11.7 Å². The van der Waals surface area contributed by atoms with Crippen LogP contribution in [0.3, 0.4) is 0 Å². The molecule has 6 heteroatoms. The summed E-state index contributed by atoms with van der Waals surface area (Å²) in [5.74, 6) is 0.0794. The minimum atomic E-state index is -0.716. The van der Waals surface area contributed by atoms with Gasteiger partial charge in [0.15, 0.2) is 0 Å². The van der Waals surface area contributed by atoms with E-state index in [1.807, 2.05) is 11.9 Å². The number of halogens is 1. The van der Waals surface area contributed by atoms with E-state index in [1.165, 1.54) is 12.1 Å². The summed E-state index contributed by atoms with van der Waals surface area (Å²) >= 11 is 0.